The third-order valence-electron chi connectivity index (χ3n) is 5.50. The predicted octanol–water partition coefficient (Wildman–Crippen LogP) is 3.10. The van der Waals surface area contributed by atoms with Crippen LogP contribution in [-0.2, 0) is 4.79 Å². The van der Waals surface area contributed by atoms with Gasteiger partial charge in [0.2, 0.25) is 5.91 Å². The van der Waals surface area contributed by atoms with Crippen molar-refractivity contribution in [2.24, 2.45) is 17.3 Å². The predicted molar refractivity (Wildman–Crippen MR) is 83.6 cm³/mol. The Bertz CT molecular complexity index is 306. The van der Waals surface area contributed by atoms with E-state index in [0.717, 1.165) is 19.6 Å². The highest BCUT2D eigenvalue weighted by Gasteiger charge is 2.36. The molecule has 0 bridgehead atoms. The van der Waals surface area contributed by atoms with E-state index in [1.165, 1.54) is 44.9 Å². The van der Waals surface area contributed by atoms with Gasteiger partial charge in [-0.05, 0) is 62.4 Å². The summed E-state index contributed by atoms with van der Waals surface area (Å²) in [6.07, 6.45) is 9.72. The monoisotopic (exact) mass is 280 g/mol. The summed E-state index contributed by atoms with van der Waals surface area (Å²) in [4.78, 5) is 12.2. The summed E-state index contributed by atoms with van der Waals surface area (Å²) in [5.41, 5.74) is 0.444. The van der Waals surface area contributed by atoms with Gasteiger partial charge in [0.25, 0.3) is 0 Å². The number of carbonyl (C=O) groups is 1. The Hall–Kier alpha value is -0.570. The summed E-state index contributed by atoms with van der Waals surface area (Å²) >= 11 is 0. The molecular weight excluding hydrogens is 248 g/mol. The average Bonchev–Trinajstić information content (AvgIpc) is 2.42. The molecule has 1 amide bonds. The van der Waals surface area contributed by atoms with Gasteiger partial charge in [0.15, 0.2) is 0 Å². The van der Waals surface area contributed by atoms with Crippen LogP contribution >= 0.6 is 0 Å². The van der Waals surface area contributed by atoms with E-state index in [2.05, 4.69) is 24.5 Å². The molecule has 1 aliphatic carbocycles. The summed E-state index contributed by atoms with van der Waals surface area (Å²) in [6, 6.07) is 0. The topological polar surface area (TPSA) is 41.1 Å². The standard InChI is InChI=1S/C17H32N2O/c1-3-7-17(8-5-9-17)13-19-16(20)11-14(2)15-6-4-10-18-12-15/h14-15,18H,3-13H2,1-2H3,(H,19,20). The smallest absolute Gasteiger partial charge is 0.220 e. The quantitative estimate of drug-likeness (QED) is 0.752. The first-order chi connectivity index (χ1) is 9.65. The average molecular weight is 280 g/mol. The van der Waals surface area contributed by atoms with Crippen molar-refractivity contribution in [2.45, 2.75) is 65.2 Å². The summed E-state index contributed by atoms with van der Waals surface area (Å²) in [7, 11) is 0. The minimum Gasteiger partial charge on any atom is -0.356 e. The fraction of sp³-hybridized carbons (Fsp3) is 0.941. The minimum atomic E-state index is 0.269. The molecule has 2 aliphatic rings. The molecule has 2 atom stereocenters. The largest absolute Gasteiger partial charge is 0.356 e. The van der Waals surface area contributed by atoms with Crippen molar-refractivity contribution in [1.29, 1.82) is 0 Å². The third kappa shape index (κ3) is 4.21. The summed E-state index contributed by atoms with van der Waals surface area (Å²) < 4.78 is 0. The Morgan fingerprint density at radius 2 is 2.20 bits per heavy atom. The van der Waals surface area contributed by atoms with Gasteiger partial charge >= 0.3 is 0 Å². The molecule has 20 heavy (non-hydrogen) atoms. The number of piperidine rings is 1. The molecule has 2 fully saturated rings. The van der Waals surface area contributed by atoms with Crippen molar-refractivity contribution in [3.63, 3.8) is 0 Å². The van der Waals surface area contributed by atoms with E-state index < -0.39 is 0 Å². The number of carbonyl (C=O) groups excluding carboxylic acids is 1. The van der Waals surface area contributed by atoms with Crippen LogP contribution in [0, 0.1) is 17.3 Å². The van der Waals surface area contributed by atoms with Crippen LogP contribution in [-0.4, -0.2) is 25.5 Å². The third-order valence-corrected chi connectivity index (χ3v) is 5.50. The molecular formula is C17H32N2O. The minimum absolute atomic E-state index is 0.269. The van der Waals surface area contributed by atoms with E-state index in [1.807, 2.05) is 0 Å². The molecule has 2 unspecified atom stereocenters. The van der Waals surface area contributed by atoms with E-state index in [0.29, 0.717) is 23.7 Å². The Morgan fingerprint density at radius 1 is 1.40 bits per heavy atom. The van der Waals surface area contributed by atoms with Crippen LogP contribution in [0.3, 0.4) is 0 Å². The molecule has 1 saturated carbocycles. The molecule has 0 aromatic carbocycles. The van der Waals surface area contributed by atoms with Gasteiger partial charge in [-0.1, -0.05) is 26.7 Å². The zero-order valence-corrected chi connectivity index (χ0v) is 13.3. The van der Waals surface area contributed by atoms with Gasteiger partial charge in [-0.15, -0.1) is 0 Å². The van der Waals surface area contributed by atoms with Crippen LogP contribution in [0.15, 0.2) is 0 Å². The van der Waals surface area contributed by atoms with Gasteiger partial charge in [-0.3, -0.25) is 4.79 Å². The maximum Gasteiger partial charge on any atom is 0.220 e. The molecule has 0 aromatic heterocycles. The first kappa shape index (κ1) is 15.8. The molecule has 0 spiro atoms. The fourth-order valence-electron chi connectivity index (χ4n) is 3.90. The Labute approximate surface area is 124 Å². The second-order valence-electron chi connectivity index (χ2n) is 7.17. The van der Waals surface area contributed by atoms with E-state index in [1.54, 1.807) is 0 Å². The highest BCUT2D eigenvalue weighted by molar-refractivity contribution is 5.76. The highest BCUT2D eigenvalue weighted by atomic mass is 16.1. The molecule has 116 valence electrons. The van der Waals surface area contributed by atoms with Crippen molar-refractivity contribution >= 4 is 5.91 Å². The molecule has 2 rings (SSSR count). The number of rotatable bonds is 7. The lowest BCUT2D eigenvalue weighted by atomic mass is 9.66. The lowest BCUT2D eigenvalue weighted by Crippen LogP contribution is -2.43. The number of amides is 1. The second kappa shape index (κ2) is 7.44. The van der Waals surface area contributed by atoms with Crippen molar-refractivity contribution < 1.29 is 4.79 Å². The van der Waals surface area contributed by atoms with E-state index in [-0.39, 0.29) is 5.91 Å². The zero-order chi connectivity index (χ0) is 14.4. The maximum atomic E-state index is 12.2. The summed E-state index contributed by atoms with van der Waals surface area (Å²) in [5, 5.41) is 6.67. The maximum absolute atomic E-state index is 12.2. The van der Waals surface area contributed by atoms with Crippen LogP contribution in [0.2, 0.25) is 0 Å². The molecule has 0 aromatic rings. The van der Waals surface area contributed by atoms with Crippen LogP contribution in [0.5, 0.6) is 0 Å². The summed E-state index contributed by atoms with van der Waals surface area (Å²) in [5.74, 6) is 1.46. The van der Waals surface area contributed by atoms with Gasteiger partial charge in [0.05, 0.1) is 0 Å². The zero-order valence-electron chi connectivity index (χ0n) is 13.3. The molecule has 1 aliphatic heterocycles. The van der Waals surface area contributed by atoms with E-state index in [4.69, 9.17) is 0 Å². The van der Waals surface area contributed by atoms with Crippen LogP contribution in [0.25, 0.3) is 0 Å². The highest BCUT2D eigenvalue weighted by Crippen LogP contribution is 2.44. The van der Waals surface area contributed by atoms with Crippen LogP contribution in [0.4, 0.5) is 0 Å². The number of hydrogen-bond donors (Lipinski definition) is 2. The molecule has 2 N–H and O–H groups in total. The lowest BCUT2D eigenvalue weighted by Gasteiger charge is -2.42. The van der Waals surface area contributed by atoms with E-state index >= 15 is 0 Å². The molecule has 1 saturated heterocycles. The fourth-order valence-corrected chi connectivity index (χ4v) is 3.90. The SMILES string of the molecule is CCCC1(CNC(=O)CC(C)C2CCCNC2)CCC1. The van der Waals surface area contributed by atoms with Crippen molar-refractivity contribution in [3.05, 3.63) is 0 Å². The molecule has 3 nitrogen and oxygen atoms in total. The van der Waals surface area contributed by atoms with Crippen molar-refractivity contribution in [2.75, 3.05) is 19.6 Å². The first-order valence-electron chi connectivity index (χ1n) is 8.63. The van der Waals surface area contributed by atoms with Crippen LogP contribution in [0.1, 0.15) is 65.2 Å². The van der Waals surface area contributed by atoms with Gasteiger partial charge in [0.1, 0.15) is 0 Å². The van der Waals surface area contributed by atoms with Crippen molar-refractivity contribution in [3.8, 4) is 0 Å². The Morgan fingerprint density at radius 3 is 2.75 bits per heavy atom. The molecule has 3 heteroatoms. The summed E-state index contributed by atoms with van der Waals surface area (Å²) in [6.45, 7) is 7.64. The Balaban J connectivity index is 1.69. The molecule has 0 radical (unpaired) electrons. The van der Waals surface area contributed by atoms with E-state index in [9.17, 15) is 4.79 Å². The van der Waals surface area contributed by atoms with Gasteiger partial charge < -0.3 is 10.6 Å². The lowest BCUT2D eigenvalue weighted by molar-refractivity contribution is -0.123. The number of nitrogens with one attached hydrogen (secondary N) is 2. The Kier molecular flexibility index (Phi) is 5.88. The second-order valence-corrected chi connectivity index (χ2v) is 7.17. The van der Waals surface area contributed by atoms with Crippen molar-refractivity contribution in [1.82, 2.24) is 10.6 Å². The van der Waals surface area contributed by atoms with Gasteiger partial charge in [0, 0.05) is 13.0 Å². The molecule has 1 heterocycles. The van der Waals surface area contributed by atoms with Gasteiger partial charge in [-0.2, -0.15) is 0 Å². The first-order valence-corrected chi connectivity index (χ1v) is 8.63. The van der Waals surface area contributed by atoms with Gasteiger partial charge in [-0.25, -0.2) is 0 Å². The normalized spacial score (nSPS) is 26.6. The number of hydrogen-bond acceptors (Lipinski definition) is 2. The van der Waals surface area contributed by atoms with Crippen LogP contribution < -0.4 is 10.6 Å².